The van der Waals surface area contributed by atoms with Gasteiger partial charge in [0.25, 0.3) is 5.91 Å². The normalized spacial score (nSPS) is 12.1. The smallest absolute Gasteiger partial charge is 0.280 e. The molecule has 38 heavy (non-hydrogen) atoms. The van der Waals surface area contributed by atoms with E-state index in [2.05, 4.69) is 26.0 Å². The highest BCUT2D eigenvalue weighted by Gasteiger charge is 2.23. The van der Waals surface area contributed by atoms with Gasteiger partial charge in [-0.3, -0.25) is 9.59 Å². The number of hydrogen-bond donors (Lipinski definition) is 0. The molecule has 5 aromatic rings. The summed E-state index contributed by atoms with van der Waals surface area (Å²) < 4.78 is 33.2. The number of carbonyl (C=O) groups is 1. The number of benzene rings is 3. The van der Waals surface area contributed by atoms with E-state index in [9.17, 15) is 18.0 Å². The molecule has 12 heteroatoms. The number of halogens is 1. The Kier molecular flexibility index (Phi) is 6.97. The summed E-state index contributed by atoms with van der Waals surface area (Å²) in [5, 5.41) is 6.08. The molecule has 192 valence electrons. The highest BCUT2D eigenvalue weighted by atomic mass is 79.9. The van der Waals surface area contributed by atoms with Crippen molar-refractivity contribution in [2.75, 3.05) is 19.1 Å². The molecular weight excluding hydrogens is 592 g/mol. The van der Waals surface area contributed by atoms with Crippen molar-refractivity contribution in [1.29, 1.82) is 0 Å². The van der Waals surface area contributed by atoms with E-state index in [4.69, 9.17) is 4.42 Å². The lowest BCUT2D eigenvalue weighted by Gasteiger charge is -2.15. The third-order valence-electron chi connectivity index (χ3n) is 5.61. The number of nitrogens with zero attached hydrogens (tertiary/aromatic N) is 4. The maximum Gasteiger partial charge on any atom is 0.280 e. The van der Waals surface area contributed by atoms with E-state index in [1.54, 1.807) is 24.3 Å². The number of rotatable bonds is 6. The van der Waals surface area contributed by atoms with Crippen molar-refractivity contribution in [3.8, 4) is 0 Å². The Hall–Kier alpha value is -3.71. The zero-order valence-corrected chi connectivity index (χ0v) is 23.2. The zero-order valence-electron chi connectivity index (χ0n) is 20.0. The number of sulfonamides is 1. The van der Waals surface area contributed by atoms with E-state index >= 15 is 0 Å². The van der Waals surface area contributed by atoms with Gasteiger partial charge in [0.15, 0.2) is 0 Å². The van der Waals surface area contributed by atoms with Crippen LogP contribution in [0.4, 0.5) is 5.13 Å². The lowest BCUT2D eigenvalue weighted by atomic mass is 10.2. The quantitative estimate of drug-likeness (QED) is 0.195. The molecule has 0 spiro atoms. The van der Waals surface area contributed by atoms with Gasteiger partial charge in [-0.05, 0) is 54.6 Å². The predicted molar refractivity (Wildman–Crippen MR) is 152 cm³/mol. The van der Waals surface area contributed by atoms with Gasteiger partial charge in [-0.25, -0.2) is 17.7 Å². The van der Waals surface area contributed by atoms with Crippen LogP contribution in [0.25, 0.3) is 21.2 Å². The standard InChI is InChI=1S/C26H19BrN4O5S2/c1-30(2)38(34,35)19-10-7-16(8-11-19)25(33)31(26-29-21-12-9-18(27)13-23(21)37-26)28-14-17-15-36-22-6-4-3-5-20(22)24(17)32/h3-15H,1-2H3/b28-14+. The van der Waals surface area contributed by atoms with Crippen LogP contribution in [0.2, 0.25) is 0 Å². The number of amides is 1. The van der Waals surface area contributed by atoms with Crippen molar-refractivity contribution in [1.82, 2.24) is 9.29 Å². The highest BCUT2D eigenvalue weighted by molar-refractivity contribution is 9.10. The molecule has 2 heterocycles. The van der Waals surface area contributed by atoms with E-state index in [0.717, 1.165) is 18.5 Å². The molecule has 0 aliphatic rings. The van der Waals surface area contributed by atoms with Crippen molar-refractivity contribution in [3.05, 3.63) is 98.8 Å². The SMILES string of the molecule is CN(C)S(=O)(=O)c1ccc(C(=O)N(/N=C/c2coc3ccccc3c2=O)c2nc3ccc(Br)cc3s2)cc1. The van der Waals surface area contributed by atoms with Crippen molar-refractivity contribution in [2.45, 2.75) is 4.90 Å². The van der Waals surface area contributed by atoms with E-state index in [-0.39, 0.29) is 26.6 Å². The van der Waals surface area contributed by atoms with Crippen molar-refractivity contribution in [2.24, 2.45) is 5.10 Å². The van der Waals surface area contributed by atoms with Crippen LogP contribution in [0.5, 0.6) is 0 Å². The Morgan fingerprint density at radius 1 is 1.08 bits per heavy atom. The summed E-state index contributed by atoms with van der Waals surface area (Å²) in [6.07, 6.45) is 2.54. The summed E-state index contributed by atoms with van der Waals surface area (Å²) in [4.78, 5) is 31.2. The Morgan fingerprint density at radius 2 is 1.82 bits per heavy atom. The summed E-state index contributed by atoms with van der Waals surface area (Å²) in [5.74, 6) is -0.557. The Labute approximate surface area is 229 Å². The number of hydrogen-bond acceptors (Lipinski definition) is 8. The fourth-order valence-corrected chi connectivity index (χ4v) is 5.95. The van der Waals surface area contributed by atoms with Gasteiger partial charge in [-0.2, -0.15) is 10.1 Å². The molecule has 2 aromatic heterocycles. The molecule has 0 radical (unpaired) electrons. The third-order valence-corrected chi connectivity index (χ3v) is 8.93. The number of hydrazone groups is 1. The van der Waals surface area contributed by atoms with Gasteiger partial charge in [0.2, 0.25) is 20.6 Å². The molecular formula is C26H19BrN4O5S2. The van der Waals surface area contributed by atoms with Crippen LogP contribution >= 0.6 is 27.3 Å². The van der Waals surface area contributed by atoms with Crippen LogP contribution in [0.15, 0.2) is 96.7 Å². The lowest BCUT2D eigenvalue weighted by Crippen LogP contribution is -2.26. The van der Waals surface area contributed by atoms with E-state index < -0.39 is 15.9 Å². The number of fused-ring (bicyclic) bond motifs is 2. The Morgan fingerprint density at radius 3 is 2.55 bits per heavy atom. The number of anilines is 1. The molecule has 0 atom stereocenters. The second kappa shape index (κ2) is 10.2. The fourth-order valence-electron chi connectivity index (χ4n) is 3.57. The highest BCUT2D eigenvalue weighted by Crippen LogP contribution is 2.32. The minimum absolute atomic E-state index is 0.0488. The number of aromatic nitrogens is 1. The predicted octanol–water partition coefficient (Wildman–Crippen LogP) is 5.10. The first kappa shape index (κ1) is 25.9. The van der Waals surface area contributed by atoms with Crippen molar-refractivity contribution >= 4 is 75.7 Å². The first-order valence-corrected chi connectivity index (χ1v) is 14.2. The van der Waals surface area contributed by atoms with Crippen LogP contribution in [-0.2, 0) is 10.0 Å². The second-order valence-corrected chi connectivity index (χ2v) is 12.4. The van der Waals surface area contributed by atoms with Gasteiger partial charge in [0.05, 0.1) is 32.3 Å². The molecule has 0 fully saturated rings. The molecule has 0 aliphatic carbocycles. The summed E-state index contributed by atoms with van der Waals surface area (Å²) in [6, 6.07) is 17.9. The molecule has 0 unspecified atom stereocenters. The van der Waals surface area contributed by atoms with E-state index in [1.165, 1.54) is 62.2 Å². The third kappa shape index (κ3) is 4.90. The van der Waals surface area contributed by atoms with Crippen LogP contribution in [0.1, 0.15) is 15.9 Å². The van der Waals surface area contributed by atoms with Crippen molar-refractivity contribution < 1.29 is 17.6 Å². The Balaban J connectivity index is 1.57. The molecule has 1 amide bonds. The second-order valence-electron chi connectivity index (χ2n) is 8.30. The van der Waals surface area contributed by atoms with Gasteiger partial charge in [-0.1, -0.05) is 39.4 Å². The molecule has 5 rings (SSSR count). The van der Waals surface area contributed by atoms with Gasteiger partial charge < -0.3 is 4.42 Å². The molecule has 9 nitrogen and oxygen atoms in total. The van der Waals surface area contributed by atoms with Gasteiger partial charge in [-0.15, -0.1) is 0 Å². The largest absolute Gasteiger partial charge is 0.463 e. The topological polar surface area (TPSA) is 113 Å². The fraction of sp³-hybridized carbons (Fsp3) is 0.0769. The van der Waals surface area contributed by atoms with Crippen LogP contribution in [0, 0.1) is 0 Å². The first-order valence-electron chi connectivity index (χ1n) is 11.1. The summed E-state index contributed by atoms with van der Waals surface area (Å²) in [7, 11) is -0.803. The number of thiazole rings is 1. The number of para-hydroxylation sites is 1. The average molecular weight is 611 g/mol. The average Bonchev–Trinajstić information content (AvgIpc) is 3.32. The first-order chi connectivity index (χ1) is 18.1. The molecule has 0 aliphatic heterocycles. The molecule has 0 saturated heterocycles. The molecule has 0 saturated carbocycles. The Bertz CT molecular complexity index is 1880. The number of carbonyl (C=O) groups excluding carboxylic acids is 1. The summed E-state index contributed by atoms with van der Waals surface area (Å²) >= 11 is 4.68. The minimum atomic E-state index is -3.66. The van der Waals surface area contributed by atoms with Crippen molar-refractivity contribution in [3.63, 3.8) is 0 Å². The minimum Gasteiger partial charge on any atom is -0.463 e. The molecule has 0 N–H and O–H groups in total. The monoisotopic (exact) mass is 610 g/mol. The maximum atomic E-state index is 13.6. The van der Waals surface area contributed by atoms with Gasteiger partial charge >= 0.3 is 0 Å². The van der Waals surface area contributed by atoms with E-state index in [0.29, 0.717) is 16.5 Å². The zero-order chi connectivity index (χ0) is 27.0. The van der Waals surface area contributed by atoms with E-state index in [1.807, 2.05) is 18.2 Å². The summed E-state index contributed by atoms with van der Waals surface area (Å²) in [5.41, 5.74) is 1.14. The lowest BCUT2D eigenvalue weighted by molar-refractivity contribution is 0.0987. The van der Waals surface area contributed by atoms with Crippen LogP contribution in [0.3, 0.4) is 0 Å². The van der Waals surface area contributed by atoms with Crippen LogP contribution in [-0.4, -0.2) is 43.9 Å². The van der Waals surface area contributed by atoms with Gasteiger partial charge in [0, 0.05) is 24.1 Å². The summed E-state index contributed by atoms with van der Waals surface area (Å²) in [6.45, 7) is 0. The molecule has 0 bridgehead atoms. The maximum absolute atomic E-state index is 13.6. The molecule has 3 aromatic carbocycles. The van der Waals surface area contributed by atoms with Gasteiger partial charge in [0.1, 0.15) is 11.8 Å². The van der Waals surface area contributed by atoms with Crippen LogP contribution < -0.4 is 10.4 Å².